The maximum atomic E-state index is 12.5. The molecule has 1 amide bonds. The van der Waals surface area contributed by atoms with E-state index in [0.29, 0.717) is 41.4 Å². The van der Waals surface area contributed by atoms with Gasteiger partial charge in [0.25, 0.3) is 5.91 Å². The number of hydrogen-bond donors (Lipinski definition) is 2. The molecule has 6 nitrogen and oxygen atoms in total. The van der Waals surface area contributed by atoms with Crippen LogP contribution in [0.4, 0.5) is 5.69 Å². The summed E-state index contributed by atoms with van der Waals surface area (Å²) in [4.78, 5) is 14.2. The van der Waals surface area contributed by atoms with Gasteiger partial charge in [0.05, 0.1) is 5.56 Å². The lowest BCUT2D eigenvalue weighted by atomic mass is 10.0. The number of likely N-dealkylation sites (tertiary alicyclic amines) is 1. The van der Waals surface area contributed by atoms with E-state index in [9.17, 15) is 13.2 Å². The van der Waals surface area contributed by atoms with Gasteiger partial charge in [-0.3, -0.25) is 4.79 Å². The van der Waals surface area contributed by atoms with E-state index < -0.39 is 10.0 Å². The van der Waals surface area contributed by atoms with E-state index in [-0.39, 0.29) is 24.4 Å². The third kappa shape index (κ3) is 4.52. The summed E-state index contributed by atoms with van der Waals surface area (Å²) < 4.78 is 27.5. The zero-order valence-electron chi connectivity index (χ0n) is 13.4. The lowest BCUT2D eigenvalue weighted by Crippen LogP contribution is -2.46. The summed E-state index contributed by atoms with van der Waals surface area (Å²) in [5.41, 5.74) is 6.81. The highest BCUT2D eigenvalue weighted by molar-refractivity contribution is 7.91. The number of rotatable bonds is 4. The summed E-state index contributed by atoms with van der Waals surface area (Å²) in [7, 11) is -3.47. The van der Waals surface area contributed by atoms with Crippen LogP contribution >= 0.6 is 23.7 Å². The number of benzene rings is 1. The van der Waals surface area contributed by atoms with Crippen molar-refractivity contribution in [2.45, 2.75) is 23.1 Å². The number of piperidine rings is 1. The number of nitrogen functional groups attached to an aromatic ring is 1. The largest absolute Gasteiger partial charge is 0.398 e. The van der Waals surface area contributed by atoms with Gasteiger partial charge in [-0.2, -0.15) is 0 Å². The van der Waals surface area contributed by atoms with Crippen LogP contribution in [0.2, 0.25) is 0 Å². The molecule has 2 heterocycles. The first-order valence-corrected chi connectivity index (χ1v) is 10.0. The molecule has 3 N–H and O–H groups in total. The molecule has 2 aromatic rings. The van der Waals surface area contributed by atoms with E-state index in [1.165, 1.54) is 11.3 Å². The fourth-order valence-electron chi connectivity index (χ4n) is 2.76. The van der Waals surface area contributed by atoms with E-state index in [0.717, 1.165) is 0 Å². The normalized spacial score (nSPS) is 15.6. The molecule has 1 aliphatic rings. The predicted octanol–water partition coefficient (Wildman–Crippen LogP) is 2.34. The number of hydrogen-bond acceptors (Lipinski definition) is 5. The summed E-state index contributed by atoms with van der Waals surface area (Å²) in [5, 5.41) is 1.74. The van der Waals surface area contributed by atoms with Crippen LogP contribution in [-0.2, 0) is 10.0 Å². The highest BCUT2D eigenvalue weighted by Crippen LogP contribution is 2.21. The van der Waals surface area contributed by atoms with Crippen LogP contribution in [0.3, 0.4) is 0 Å². The van der Waals surface area contributed by atoms with Gasteiger partial charge in [-0.15, -0.1) is 23.7 Å². The fraction of sp³-hybridized carbons (Fsp3) is 0.312. The van der Waals surface area contributed by atoms with Crippen LogP contribution < -0.4 is 10.5 Å². The van der Waals surface area contributed by atoms with E-state index in [1.54, 1.807) is 46.7 Å². The highest BCUT2D eigenvalue weighted by atomic mass is 35.5. The van der Waals surface area contributed by atoms with Crippen LogP contribution in [0.25, 0.3) is 0 Å². The standard InChI is InChI=1S/C16H19N3O3S2.ClH/c17-14-5-2-1-4-13(14)16(20)19-9-7-12(8-10-19)18-24(21,22)15-6-3-11-23-15;/h1-6,11-12,18H,7-10,17H2;1H. The monoisotopic (exact) mass is 401 g/mol. The number of nitrogens with one attached hydrogen (secondary N) is 1. The minimum Gasteiger partial charge on any atom is -0.398 e. The molecule has 1 aliphatic heterocycles. The van der Waals surface area contributed by atoms with Crippen molar-refractivity contribution >= 4 is 45.4 Å². The molecule has 0 bridgehead atoms. The molecule has 0 spiro atoms. The SMILES string of the molecule is Cl.Nc1ccccc1C(=O)N1CCC(NS(=O)(=O)c2cccs2)CC1. The second kappa shape index (κ2) is 8.18. The van der Waals surface area contributed by atoms with Crippen molar-refractivity contribution in [3.05, 3.63) is 47.3 Å². The Labute approximate surface area is 157 Å². The van der Waals surface area contributed by atoms with Crippen molar-refractivity contribution in [1.29, 1.82) is 0 Å². The summed E-state index contributed by atoms with van der Waals surface area (Å²) in [6.07, 6.45) is 1.17. The molecule has 3 rings (SSSR count). The summed E-state index contributed by atoms with van der Waals surface area (Å²) in [6.45, 7) is 1.01. The maximum absolute atomic E-state index is 12.5. The Morgan fingerprint density at radius 2 is 1.84 bits per heavy atom. The van der Waals surface area contributed by atoms with Crippen molar-refractivity contribution in [3.8, 4) is 0 Å². The molecule has 136 valence electrons. The number of anilines is 1. The molecule has 1 aromatic heterocycles. The van der Waals surface area contributed by atoms with Gasteiger partial charge in [-0.1, -0.05) is 18.2 Å². The molecule has 9 heteroatoms. The quantitative estimate of drug-likeness (QED) is 0.769. The average molecular weight is 402 g/mol. The van der Waals surface area contributed by atoms with Gasteiger partial charge in [-0.05, 0) is 36.4 Å². The first-order valence-electron chi connectivity index (χ1n) is 7.67. The predicted molar refractivity (Wildman–Crippen MR) is 102 cm³/mol. The van der Waals surface area contributed by atoms with Gasteiger partial charge in [0.15, 0.2) is 0 Å². The Kier molecular flexibility index (Phi) is 6.45. The van der Waals surface area contributed by atoms with Gasteiger partial charge >= 0.3 is 0 Å². The van der Waals surface area contributed by atoms with Gasteiger partial charge in [0, 0.05) is 24.8 Å². The molecule has 25 heavy (non-hydrogen) atoms. The Hall–Kier alpha value is -1.61. The average Bonchev–Trinajstić information content (AvgIpc) is 3.10. The Bertz CT molecular complexity index is 817. The van der Waals surface area contributed by atoms with E-state index in [4.69, 9.17) is 5.73 Å². The molecule has 0 atom stereocenters. The molecule has 1 aromatic carbocycles. The van der Waals surface area contributed by atoms with E-state index >= 15 is 0 Å². The summed E-state index contributed by atoms with van der Waals surface area (Å²) in [5.74, 6) is -0.104. The third-order valence-electron chi connectivity index (χ3n) is 4.06. The lowest BCUT2D eigenvalue weighted by Gasteiger charge is -2.32. The van der Waals surface area contributed by atoms with Gasteiger partial charge in [0.2, 0.25) is 10.0 Å². The van der Waals surface area contributed by atoms with Crippen molar-refractivity contribution in [1.82, 2.24) is 9.62 Å². The fourth-order valence-corrected chi connectivity index (χ4v) is 5.07. The van der Waals surface area contributed by atoms with Crippen LogP contribution in [0.5, 0.6) is 0 Å². The van der Waals surface area contributed by atoms with Gasteiger partial charge < -0.3 is 10.6 Å². The zero-order chi connectivity index (χ0) is 17.2. The number of halogens is 1. The Morgan fingerprint density at radius 3 is 2.44 bits per heavy atom. The van der Waals surface area contributed by atoms with Crippen LogP contribution in [0.15, 0.2) is 46.0 Å². The Balaban J connectivity index is 0.00000225. The third-order valence-corrected chi connectivity index (χ3v) is 6.97. The minimum atomic E-state index is -3.47. The summed E-state index contributed by atoms with van der Waals surface area (Å²) >= 11 is 1.19. The first kappa shape index (κ1) is 19.7. The Morgan fingerprint density at radius 1 is 1.16 bits per heavy atom. The van der Waals surface area contributed by atoms with Crippen molar-refractivity contribution in [2.75, 3.05) is 18.8 Å². The van der Waals surface area contributed by atoms with Crippen LogP contribution in [0, 0.1) is 0 Å². The smallest absolute Gasteiger partial charge is 0.255 e. The van der Waals surface area contributed by atoms with Crippen molar-refractivity contribution < 1.29 is 13.2 Å². The molecule has 0 aliphatic carbocycles. The molecule has 1 saturated heterocycles. The molecule has 0 saturated carbocycles. The molecule has 0 radical (unpaired) electrons. The van der Waals surface area contributed by atoms with Gasteiger partial charge in [-0.25, -0.2) is 13.1 Å². The number of thiophene rings is 1. The second-order valence-electron chi connectivity index (χ2n) is 5.71. The number of carbonyl (C=O) groups excluding carboxylic acids is 1. The molecular formula is C16H20ClN3O3S2. The molecular weight excluding hydrogens is 382 g/mol. The van der Waals surface area contributed by atoms with Crippen LogP contribution in [-0.4, -0.2) is 38.4 Å². The first-order chi connectivity index (χ1) is 11.5. The number of nitrogens with zero attached hydrogens (tertiary/aromatic N) is 1. The van der Waals surface area contributed by atoms with Crippen molar-refractivity contribution in [3.63, 3.8) is 0 Å². The molecule has 0 unspecified atom stereocenters. The van der Waals surface area contributed by atoms with Crippen molar-refractivity contribution in [2.24, 2.45) is 0 Å². The molecule has 1 fully saturated rings. The second-order valence-corrected chi connectivity index (χ2v) is 8.60. The van der Waals surface area contributed by atoms with Gasteiger partial charge in [0.1, 0.15) is 4.21 Å². The van der Waals surface area contributed by atoms with E-state index in [2.05, 4.69) is 4.72 Å². The zero-order valence-corrected chi connectivity index (χ0v) is 15.9. The number of carbonyl (C=O) groups is 1. The number of para-hydroxylation sites is 1. The summed E-state index contributed by atoms with van der Waals surface area (Å²) in [6, 6.07) is 10.1. The number of amides is 1. The maximum Gasteiger partial charge on any atom is 0.255 e. The van der Waals surface area contributed by atoms with E-state index in [1.807, 2.05) is 0 Å². The highest BCUT2D eigenvalue weighted by Gasteiger charge is 2.28. The van der Waals surface area contributed by atoms with Crippen LogP contribution in [0.1, 0.15) is 23.2 Å². The topological polar surface area (TPSA) is 92.5 Å². The number of nitrogens with two attached hydrogens (primary N) is 1. The lowest BCUT2D eigenvalue weighted by molar-refractivity contribution is 0.0712. The number of sulfonamides is 1. The minimum absolute atomic E-state index is 0.